The van der Waals surface area contributed by atoms with E-state index < -0.39 is 0 Å². The summed E-state index contributed by atoms with van der Waals surface area (Å²) in [4.78, 5) is 15.5. The molecule has 4 heteroatoms. The number of carbonyl (C=O) groups excluding carboxylic acids is 1. The first-order valence-electron chi connectivity index (χ1n) is 5.45. The fourth-order valence-electron chi connectivity index (χ4n) is 1.77. The van der Waals surface area contributed by atoms with Gasteiger partial charge in [0.2, 0.25) is 0 Å². The van der Waals surface area contributed by atoms with Crippen LogP contribution >= 0.6 is 0 Å². The second-order valence-corrected chi connectivity index (χ2v) is 3.66. The van der Waals surface area contributed by atoms with Gasteiger partial charge in [0.05, 0.1) is 19.0 Å². The summed E-state index contributed by atoms with van der Waals surface area (Å²) in [6.07, 6.45) is 6.20. The van der Waals surface area contributed by atoms with Crippen LogP contribution in [0.5, 0.6) is 0 Å². The molecule has 0 spiro atoms. The van der Waals surface area contributed by atoms with Crippen molar-refractivity contribution in [3.63, 3.8) is 0 Å². The number of carbonyl (C=O) groups is 1. The largest absolute Gasteiger partial charge is 0.465 e. The molecule has 0 N–H and O–H groups in total. The normalized spacial score (nSPS) is 10.2. The molecule has 0 amide bonds. The van der Waals surface area contributed by atoms with Crippen LogP contribution in [0.3, 0.4) is 0 Å². The molecular formula is C13H14N2O2. The first kappa shape index (κ1) is 11.4. The molecule has 1 heterocycles. The molecular weight excluding hydrogens is 216 g/mol. The summed E-state index contributed by atoms with van der Waals surface area (Å²) in [6.45, 7) is 2.05. The summed E-state index contributed by atoms with van der Waals surface area (Å²) in [5.74, 6) is -0.308. The van der Waals surface area contributed by atoms with Crippen molar-refractivity contribution in [2.45, 2.75) is 13.3 Å². The van der Waals surface area contributed by atoms with E-state index in [0.717, 1.165) is 17.7 Å². The van der Waals surface area contributed by atoms with Gasteiger partial charge in [0.25, 0.3) is 0 Å². The topological polar surface area (TPSA) is 44.1 Å². The van der Waals surface area contributed by atoms with Crippen LogP contribution in [0.4, 0.5) is 0 Å². The van der Waals surface area contributed by atoms with Crippen molar-refractivity contribution >= 4 is 5.97 Å². The summed E-state index contributed by atoms with van der Waals surface area (Å²) < 4.78 is 6.64. The molecule has 2 rings (SSSR count). The number of nitrogens with zero attached hydrogens (tertiary/aromatic N) is 2. The Morgan fingerprint density at radius 3 is 2.88 bits per heavy atom. The molecule has 88 valence electrons. The average Bonchev–Trinajstić information content (AvgIpc) is 2.90. The summed E-state index contributed by atoms with van der Waals surface area (Å²) >= 11 is 0. The second kappa shape index (κ2) is 4.82. The van der Waals surface area contributed by atoms with Crippen molar-refractivity contribution in [1.29, 1.82) is 0 Å². The average molecular weight is 230 g/mol. The number of ether oxygens (including phenoxy) is 1. The molecule has 1 aromatic carbocycles. The van der Waals surface area contributed by atoms with Crippen LogP contribution in [0.25, 0.3) is 5.69 Å². The van der Waals surface area contributed by atoms with Crippen molar-refractivity contribution in [2.24, 2.45) is 0 Å². The smallest absolute Gasteiger partial charge is 0.337 e. The Hall–Kier alpha value is -2.10. The Bertz CT molecular complexity index is 518. The zero-order chi connectivity index (χ0) is 12.3. The SMILES string of the molecule is CCc1cc(C(=O)OC)ccc1-n1ccnc1. The molecule has 0 aliphatic rings. The molecule has 1 aromatic heterocycles. The number of aromatic nitrogens is 2. The van der Waals surface area contributed by atoms with E-state index >= 15 is 0 Å². The van der Waals surface area contributed by atoms with Crippen molar-refractivity contribution < 1.29 is 9.53 Å². The number of benzene rings is 1. The predicted molar refractivity (Wildman–Crippen MR) is 64.3 cm³/mol. The van der Waals surface area contributed by atoms with Gasteiger partial charge in [-0.15, -0.1) is 0 Å². The van der Waals surface area contributed by atoms with Crippen LogP contribution < -0.4 is 0 Å². The lowest BCUT2D eigenvalue weighted by atomic mass is 10.1. The molecule has 0 atom stereocenters. The summed E-state index contributed by atoms with van der Waals surface area (Å²) in [5, 5.41) is 0. The summed E-state index contributed by atoms with van der Waals surface area (Å²) in [5.41, 5.74) is 2.71. The van der Waals surface area contributed by atoms with Crippen LogP contribution in [-0.2, 0) is 11.2 Å². The quantitative estimate of drug-likeness (QED) is 0.759. The third-order valence-corrected chi connectivity index (χ3v) is 2.66. The molecule has 4 nitrogen and oxygen atoms in total. The fourth-order valence-corrected chi connectivity index (χ4v) is 1.77. The molecule has 0 saturated carbocycles. The Labute approximate surface area is 99.9 Å². The first-order valence-corrected chi connectivity index (χ1v) is 5.45. The Balaban J connectivity index is 2.46. The van der Waals surface area contributed by atoms with E-state index in [2.05, 4.69) is 11.9 Å². The minimum Gasteiger partial charge on any atom is -0.465 e. The third kappa shape index (κ3) is 2.20. The number of methoxy groups -OCH3 is 1. The maximum Gasteiger partial charge on any atom is 0.337 e. The fraction of sp³-hybridized carbons (Fsp3) is 0.231. The molecule has 0 radical (unpaired) electrons. The number of hydrogen-bond donors (Lipinski definition) is 0. The van der Waals surface area contributed by atoms with Crippen LogP contribution in [-0.4, -0.2) is 22.6 Å². The van der Waals surface area contributed by atoms with Gasteiger partial charge in [0, 0.05) is 18.1 Å². The highest BCUT2D eigenvalue weighted by Gasteiger charge is 2.09. The highest BCUT2D eigenvalue weighted by Crippen LogP contribution is 2.17. The van der Waals surface area contributed by atoms with Gasteiger partial charge in [-0.05, 0) is 30.2 Å². The van der Waals surface area contributed by atoms with Crippen molar-refractivity contribution in [1.82, 2.24) is 9.55 Å². The maximum atomic E-state index is 11.4. The van der Waals surface area contributed by atoms with Gasteiger partial charge >= 0.3 is 5.97 Å². The maximum absolute atomic E-state index is 11.4. The monoisotopic (exact) mass is 230 g/mol. The van der Waals surface area contributed by atoms with Gasteiger partial charge in [-0.1, -0.05) is 6.92 Å². The van der Waals surface area contributed by atoms with Crippen molar-refractivity contribution in [3.8, 4) is 5.69 Å². The van der Waals surface area contributed by atoms with Gasteiger partial charge in [-0.2, -0.15) is 0 Å². The number of aryl methyl sites for hydroxylation is 1. The lowest BCUT2D eigenvalue weighted by Gasteiger charge is -2.10. The minimum absolute atomic E-state index is 0.308. The van der Waals surface area contributed by atoms with E-state index in [1.165, 1.54) is 7.11 Å². The zero-order valence-corrected chi connectivity index (χ0v) is 9.88. The van der Waals surface area contributed by atoms with E-state index in [0.29, 0.717) is 5.56 Å². The minimum atomic E-state index is -0.308. The number of imidazole rings is 1. The van der Waals surface area contributed by atoms with Gasteiger partial charge in [0.1, 0.15) is 0 Å². The highest BCUT2D eigenvalue weighted by atomic mass is 16.5. The van der Waals surface area contributed by atoms with E-state index in [-0.39, 0.29) is 5.97 Å². The van der Waals surface area contributed by atoms with Crippen LogP contribution in [0.15, 0.2) is 36.9 Å². The standard InChI is InChI=1S/C13H14N2O2/c1-3-10-8-11(13(16)17-2)4-5-12(10)15-7-6-14-9-15/h4-9H,3H2,1-2H3. The Morgan fingerprint density at radius 1 is 1.47 bits per heavy atom. The second-order valence-electron chi connectivity index (χ2n) is 3.66. The van der Waals surface area contributed by atoms with Gasteiger partial charge in [-0.25, -0.2) is 9.78 Å². The number of esters is 1. The Kier molecular flexibility index (Phi) is 3.23. The molecule has 0 aliphatic heterocycles. The highest BCUT2D eigenvalue weighted by molar-refractivity contribution is 5.89. The van der Waals surface area contributed by atoms with Crippen LogP contribution in [0, 0.1) is 0 Å². The predicted octanol–water partition coefficient (Wildman–Crippen LogP) is 2.22. The summed E-state index contributed by atoms with van der Waals surface area (Å²) in [7, 11) is 1.39. The third-order valence-electron chi connectivity index (χ3n) is 2.66. The van der Waals surface area contributed by atoms with E-state index in [4.69, 9.17) is 4.74 Å². The van der Waals surface area contributed by atoms with Gasteiger partial charge in [0.15, 0.2) is 0 Å². The molecule has 0 unspecified atom stereocenters. The molecule has 0 aliphatic carbocycles. The Morgan fingerprint density at radius 2 is 2.29 bits per heavy atom. The lowest BCUT2D eigenvalue weighted by Crippen LogP contribution is -2.04. The van der Waals surface area contributed by atoms with Gasteiger partial charge < -0.3 is 9.30 Å². The molecule has 0 saturated heterocycles. The van der Waals surface area contributed by atoms with Crippen molar-refractivity contribution in [2.75, 3.05) is 7.11 Å². The number of hydrogen-bond acceptors (Lipinski definition) is 3. The van der Waals surface area contributed by atoms with Gasteiger partial charge in [-0.3, -0.25) is 0 Å². The summed E-state index contributed by atoms with van der Waals surface area (Å²) in [6, 6.07) is 5.54. The van der Waals surface area contributed by atoms with Crippen LogP contribution in [0.2, 0.25) is 0 Å². The van der Waals surface area contributed by atoms with E-state index in [9.17, 15) is 4.79 Å². The van der Waals surface area contributed by atoms with E-state index in [1.54, 1.807) is 18.6 Å². The molecule has 17 heavy (non-hydrogen) atoms. The molecule has 0 bridgehead atoms. The van der Waals surface area contributed by atoms with E-state index in [1.807, 2.05) is 22.9 Å². The van der Waals surface area contributed by atoms with Crippen LogP contribution in [0.1, 0.15) is 22.8 Å². The zero-order valence-electron chi connectivity index (χ0n) is 9.88. The lowest BCUT2D eigenvalue weighted by molar-refractivity contribution is 0.0600. The van der Waals surface area contributed by atoms with Crippen molar-refractivity contribution in [3.05, 3.63) is 48.0 Å². The number of rotatable bonds is 3. The molecule has 2 aromatic rings. The first-order chi connectivity index (χ1) is 8.26. The molecule has 0 fully saturated rings.